The molecule has 0 atom stereocenters. The smallest absolute Gasteiger partial charge is 0.00939 e. The number of fused-ring (bicyclic) bond motifs is 2. The second kappa shape index (κ2) is 10.6. The summed E-state index contributed by atoms with van der Waals surface area (Å²) in [5.41, 5.74) is 8.12. The van der Waals surface area contributed by atoms with Crippen molar-refractivity contribution in [1.82, 2.24) is 0 Å². The summed E-state index contributed by atoms with van der Waals surface area (Å²) < 4.78 is 0. The van der Waals surface area contributed by atoms with Crippen molar-refractivity contribution in [1.29, 1.82) is 0 Å². The molecule has 3 aromatic carbocycles. The number of allylic oxidation sites excluding steroid dienone is 8. The lowest BCUT2D eigenvalue weighted by atomic mass is 9.74. The summed E-state index contributed by atoms with van der Waals surface area (Å²) in [6.07, 6.45) is 14.2. The molecule has 0 radical (unpaired) electrons. The van der Waals surface area contributed by atoms with Crippen LogP contribution in [0.3, 0.4) is 0 Å². The highest BCUT2D eigenvalue weighted by molar-refractivity contribution is 6.08. The third-order valence-electron chi connectivity index (χ3n) is 7.28. The molecular weight excluding hydrogens is 408 g/mol. The fourth-order valence-electron chi connectivity index (χ4n) is 5.23. The van der Waals surface area contributed by atoms with Gasteiger partial charge >= 0.3 is 0 Å². The van der Waals surface area contributed by atoms with E-state index in [-0.39, 0.29) is 5.41 Å². The van der Waals surface area contributed by atoms with Crippen molar-refractivity contribution in [3.63, 3.8) is 0 Å². The molecule has 0 unspecified atom stereocenters. The Kier molecular flexibility index (Phi) is 8.03. The van der Waals surface area contributed by atoms with E-state index in [1.807, 2.05) is 0 Å². The van der Waals surface area contributed by atoms with Crippen molar-refractivity contribution >= 4 is 32.7 Å². The Labute approximate surface area is 207 Å². The van der Waals surface area contributed by atoms with Crippen molar-refractivity contribution < 1.29 is 0 Å². The lowest BCUT2D eigenvalue weighted by Gasteiger charge is -2.30. The maximum absolute atomic E-state index is 2.44. The predicted molar refractivity (Wildman–Crippen MR) is 156 cm³/mol. The summed E-state index contributed by atoms with van der Waals surface area (Å²) in [7, 11) is 0. The standard InChI is InChI=1S/C34H42/c1-10-15-24(12-3)26-18-20-29-30(21-26)32(23(6)7)28-19-17-27(25(13-4)16-11-2)22-31(28)33(29)34(8,9)14-5/h10-13,15-23H,14H2,1-9H3/b15-10-,16-11-,24-12+,25-13+. The molecule has 0 N–H and O–H groups in total. The van der Waals surface area contributed by atoms with Crippen molar-refractivity contribution in [3.05, 3.63) is 95.1 Å². The Morgan fingerprint density at radius 1 is 0.735 bits per heavy atom. The van der Waals surface area contributed by atoms with E-state index in [1.54, 1.807) is 0 Å². The van der Waals surface area contributed by atoms with E-state index in [1.165, 1.54) is 54.9 Å². The highest BCUT2D eigenvalue weighted by Gasteiger charge is 2.26. The molecule has 0 saturated carbocycles. The van der Waals surface area contributed by atoms with Crippen LogP contribution in [0.5, 0.6) is 0 Å². The van der Waals surface area contributed by atoms with Crippen LogP contribution in [0.25, 0.3) is 32.7 Å². The third-order valence-corrected chi connectivity index (χ3v) is 7.28. The largest absolute Gasteiger partial charge is 0.0871 e. The minimum absolute atomic E-state index is 0.0651. The maximum atomic E-state index is 2.44. The molecule has 0 heterocycles. The van der Waals surface area contributed by atoms with Crippen LogP contribution in [-0.4, -0.2) is 0 Å². The van der Waals surface area contributed by atoms with Gasteiger partial charge in [-0.1, -0.05) is 95.3 Å². The molecule has 0 heteroatoms. The highest BCUT2D eigenvalue weighted by Crippen LogP contribution is 2.44. The van der Waals surface area contributed by atoms with Crippen LogP contribution in [0.1, 0.15) is 96.9 Å². The van der Waals surface area contributed by atoms with Crippen LogP contribution in [0.4, 0.5) is 0 Å². The van der Waals surface area contributed by atoms with Gasteiger partial charge in [-0.15, -0.1) is 0 Å². The van der Waals surface area contributed by atoms with E-state index >= 15 is 0 Å². The van der Waals surface area contributed by atoms with Crippen molar-refractivity contribution in [3.8, 4) is 0 Å². The zero-order valence-electron chi connectivity index (χ0n) is 22.7. The van der Waals surface area contributed by atoms with Gasteiger partial charge in [0.25, 0.3) is 0 Å². The average molecular weight is 451 g/mol. The Balaban J connectivity index is 2.56. The van der Waals surface area contributed by atoms with Gasteiger partial charge in [-0.2, -0.15) is 0 Å². The van der Waals surface area contributed by atoms with Crippen LogP contribution in [0, 0.1) is 0 Å². The van der Waals surface area contributed by atoms with Gasteiger partial charge in [0.2, 0.25) is 0 Å². The monoisotopic (exact) mass is 450 g/mol. The second-order valence-corrected chi connectivity index (χ2v) is 10.2. The summed E-state index contributed by atoms with van der Waals surface area (Å²) >= 11 is 0. The molecule has 0 aliphatic rings. The summed E-state index contributed by atoms with van der Waals surface area (Å²) in [5.74, 6) is 0.428. The van der Waals surface area contributed by atoms with Gasteiger partial charge in [0.15, 0.2) is 0 Å². The minimum Gasteiger partial charge on any atom is -0.0871 e. The molecule has 0 saturated heterocycles. The first-order valence-electron chi connectivity index (χ1n) is 12.9. The van der Waals surface area contributed by atoms with Crippen molar-refractivity contribution in [2.24, 2.45) is 0 Å². The third kappa shape index (κ3) is 4.69. The first kappa shape index (κ1) is 25.8. The first-order chi connectivity index (χ1) is 16.2. The number of rotatable bonds is 7. The van der Waals surface area contributed by atoms with E-state index in [4.69, 9.17) is 0 Å². The highest BCUT2D eigenvalue weighted by atomic mass is 14.3. The van der Waals surface area contributed by atoms with Gasteiger partial charge in [-0.05, 0) is 113 Å². The summed E-state index contributed by atoms with van der Waals surface area (Å²) in [6, 6.07) is 14.2. The van der Waals surface area contributed by atoms with Crippen molar-refractivity contribution in [2.45, 2.75) is 80.1 Å². The lowest BCUT2D eigenvalue weighted by molar-refractivity contribution is 0.515. The zero-order valence-corrected chi connectivity index (χ0v) is 22.7. The predicted octanol–water partition coefficient (Wildman–Crippen LogP) is 10.8. The topological polar surface area (TPSA) is 0 Å². The van der Waals surface area contributed by atoms with Crippen LogP contribution < -0.4 is 0 Å². The number of hydrogen-bond donors (Lipinski definition) is 0. The molecule has 178 valence electrons. The van der Waals surface area contributed by atoms with Crippen molar-refractivity contribution in [2.75, 3.05) is 0 Å². The minimum atomic E-state index is 0.0651. The fraction of sp³-hybridized carbons (Fsp3) is 0.353. The Morgan fingerprint density at radius 3 is 1.68 bits per heavy atom. The van der Waals surface area contributed by atoms with E-state index < -0.39 is 0 Å². The number of benzene rings is 3. The van der Waals surface area contributed by atoms with Gasteiger partial charge in [0, 0.05) is 0 Å². The van der Waals surface area contributed by atoms with Crippen LogP contribution >= 0.6 is 0 Å². The van der Waals surface area contributed by atoms with Crippen LogP contribution in [0.2, 0.25) is 0 Å². The molecule has 34 heavy (non-hydrogen) atoms. The second-order valence-electron chi connectivity index (χ2n) is 10.2. The van der Waals surface area contributed by atoms with Gasteiger partial charge in [0.05, 0.1) is 0 Å². The van der Waals surface area contributed by atoms with Crippen LogP contribution in [0.15, 0.2) is 72.9 Å². The molecule has 0 fully saturated rings. The average Bonchev–Trinajstić information content (AvgIpc) is 2.83. The molecule has 3 rings (SSSR count). The van der Waals surface area contributed by atoms with Gasteiger partial charge < -0.3 is 0 Å². The van der Waals surface area contributed by atoms with Gasteiger partial charge in [-0.3, -0.25) is 0 Å². The maximum Gasteiger partial charge on any atom is -0.00939 e. The van der Waals surface area contributed by atoms with Gasteiger partial charge in [0.1, 0.15) is 0 Å². The summed E-state index contributed by atoms with van der Waals surface area (Å²) in [4.78, 5) is 0. The summed E-state index contributed by atoms with van der Waals surface area (Å²) in [6.45, 7) is 20.2. The van der Waals surface area contributed by atoms with E-state index in [0.29, 0.717) is 5.92 Å². The van der Waals surface area contributed by atoms with E-state index in [9.17, 15) is 0 Å². The molecular formula is C34H42. The lowest BCUT2D eigenvalue weighted by Crippen LogP contribution is -2.17. The molecule has 0 aliphatic heterocycles. The number of hydrogen-bond acceptors (Lipinski definition) is 0. The molecule has 0 amide bonds. The van der Waals surface area contributed by atoms with Crippen LogP contribution in [-0.2, 0) is 5.41 Å². The SMILES string of the molecule is C/C=C\C(=C/C)c1ccc2c(C(C)(C)CC)c3cc(C(/C=C\C)=C/C)ccc3c(C(C)C)c2c1. The molecule has 0 spiro atoms. The molecule has 0 nitrogen and oxygen atoms in total. The summed E-state index contributed by atoms with van der Waals surface area (Å²) in [5, 5.41) is 5.58. The first-order valence-corrected chi connectivity index (χ1v) is 12.9. The normalized spacial score (nSPS) is 13.9. The Morgan fingerprint density at radius 2 is 1.24 bits per heavy atom. The quantitative estimate of drug-likeness (QED) is 0.248. The molecule has 3 aromatic rings. The molecule has 0 bridgehead atoms. The van der Waals surface area contributed by atoms with Gasteiger partial charge in [-0.25, -0.2) is 0 Å². The Hall–Kier alpha value is -2.86. The molecule has 0 aliphatic carbocycles. The van der Waals surface area contributed by atoms with E-state index in [0.717, 1.165) is 6.42 Å². The zero-order chi connectivity index (χ0) is 25.0. The van der Waals surface area contributed by atoms with E-state index in [2.05, 4.69) is 135 Å². The molecule has 0 aromatic heterocycles. The Bertz CT molecular complexity index is 1300. The fourth-order valence-corrected chi connectivity index (χ4v) is 5.23.